The monoisotopic (exact) mass is 640 g/mol. The second-order valence-corrected chi connectivity index (χ2v) is 6.59. The van der Waals surface area contributed by atoms with Gasteiger partial charge in [0.1, 0.15) is 0 Å². The van der Waals surface area contributed by atoms with E-state index in [-0.39, 0.29) is 0 Å². The number of carbonyl (C=O) groups excluding carboxylic acids is 2. The van der Waals surface area contributed by atoms with Crippen LogP contribution in [0.3, 0.4) is 0 Å². The summed E-state index contributed by atoms with van der Waals surface area (Å²) in [5, 5.41) is 0. The summed E-state index contributed by atoms with van der Waals surface area (Å²) in [4.78, 5) is 22.5. The molecule has 0 spiro atoms. The number of hydrogen-bond acceptors (Lipinski definition) is 4. The van der Waals surface area contributed by atoms with Gasteiger partial charge in [0.25, 0.3) is 0 Å². The van der Waals surface area contributed by atoms with E-state index in [9.17, 15) is 106 Å². The molecule has 232 valence electrons. The average Bonchev–Trinajstić information content (AvgIpc) is 2.62. The van der Waals surface area contributed by atoms with E-state index in [4.69, 9.17) is 0 Å². The molecule has 0 aliphatic heterocycles. The fourth-order valence-corrected chi connectivity index (χ4v) is 1.73. The lowest BCUT2D eigenvalue weighted by Crippen LogP contribution is -2.63. The number of ketones is 2. The Kier molecular flexibility index (Phi) is 9.11. The summed E-state index contributed by atoms with van der Waals surface area (Å²) in [5.41, 5.74) is 0. The standard InChI is InChI=1S/C13H2F22O4/c14-4(8(20,21)22,38-12(32,33)6(16,17)10(26,27)28)2(36)1-3(37)5(15,9(23,24)25)39-13(34,35)7(18,19)11(29,30)31/h1H2/t4-,5-/m1/s1. The lowest BCUT2D eigenvalue weighted by atomic mass is 10.0. The quantitative estimate of drug-likeness (QED) is 0.200. The van der Waals surface area contributed by atoms with Crippen molar-refractivity contribution in [3.8, 4) is 0 Å². The molecule has 26 heteroatoms. The van der Waals surface area contributed by atoms with E-state index in [1.807, 2.05) is 0 Å². The van der Waals surface area contributed by atoms with Crippen LogP contribution in [0.1, 0.15) is 6.42 Å². The second-order valence-electron chi connectivity index (χ2n) is 6.59. The van der Waals surface area contributed by atoms with E-state index in [1.54, 1.807) is 0 Å². The topological polar surface area (TPSA) is 52.6 Å². The van der Waals surface area contributed by atoms with Gasteiger partial charge in [0.15, 0.2) is 0 Å². The average molecular weight is 640 g/mol. The molecule has 0 saturated carbocycles. The zero-order valence-electron chi connectivity index (χ0n) is 16.7. The largest absolute Gasteiger partial charge is 0.462 e. The van der Waals surface area contributed by atoms with E-state index >= 15 is 0 Å². The first-order valence-corrected chi connectivity index (χ1v) is 8.09. The van der Waals surface area contributed by atoms with Gasteiger partial charge in [-0.15, -0.1) is 0 Å². The molecule has 0 rings (SSSR count). The molecule has 0 aliphatic rings. The van der Waals surface area contributed by atoms with Gasteiger partial charge in [-0.05, 0) is 0 Å². The van der Waals surface area contributed by atoms with Crippen LogP contribution in [0.4, 0.5) is 96.6 Å². The Morgan fingerprint density at radius 2 is 0.590 bits per heavy atom. The van der Waals surface area contributed by atoms with Crippen LogP contribution >= 0.6 is 0 Å². The molecule has 0 aromatic heterocycles. The number of ether oxygens (including phenoxy) is 2. The molecule has 0 fully saturated rings. The summed E-state index contributed by atoms with van der Waals surface area (Å²) in [6.07, 6.45) is -50.6. The van der Waals surface area contributed by atoms with Gasteiger partial charge in [0, 0.05) is 0 Å². The van der Waals surface area contributed by atoms with Gasteiger partial charge in [0.2, 0.25) is 11.6 Å². The highest BCUT2D eigenvalue weighted by Gasteiger charge is 2.81. The highest BCUT2D eigenvalue weighted by atomic mass is 19.4. The van der Waals surface area contributed by atoms with E-state index in [0.717, 1.165) is 0 Å². The van der Waals surface area contributed by atoms with Gasteiger partial charge in [0.05, 0.1) is 6.42 Å². The van der Waals surface area contributed by atoms with Gasteiger partial charge >= 0.3 is 60.5 Å². The number of carbonyl (C=O) groups is 2. The zero-order valence-corrected chi connectivity index (χ0v) is 16.7. The van der Waals surface area contributed by atoms with Crippen molar-refractivity contribution < 1.29 is 116 Å². The maximum absolute atomic E-state index is 13.9. The van der Waals surface area contributed by atoms with Crippen LogP contribution in [0.2, 0.25) is 0 Å². The van der Waals surface area contributed by atoms with Gasteiger partial charge < -0.3 is 0 Å². The minimum atomic E-state index is -7.88. The van der Waals surface area contributed by atoms with Crippen LogP contribution in [-0.2, 0) is 19.1 Å². The smallest absolute Gasteiger partial charge is 0.292 e. The zero-order chi connectivity index (χ0) is 32.3. The Balaban J connectivity index is 6.69. The van der Waals surface area contributed by atoms with Crippen LogP contribution < -0.4 is 0 Å². The third kappa shape index (κ3) is 6.39. The van der Waals surface area contributed by atoms with Crippen molar-refractivity contribution in [2.75, 3.05) is 0 Å². The van der Waals surface area contributed by atoms with Gasteiger partial charge in [-0.1, -0.05) is 0 Å². The first-order valence-electron chi connectivity index (χ1n) is 8.09. The maximum Gasteiger partial charge on any atom is 0.462 e. The summed E-state index contributed by atoms with van der Waals surface area (Å²) < 4.78 is 282. The van der Waals surface area contributed by atoms with E-state index in [0.29, 0.717) is 0 Å². The normalized spacial score (nSPS) is 18.4. The Morgan fingerprint density at radius 3 is 0.744 bits per heavy atom. The molecule has 0 aliphatic carbocycles. The summed E-state index contributed by atoms with van der Waals surface area (Å²) in [5.74, 6) is -39.8. The van der Waals surface area contributed by atoms with Crippen molar-refractivity contribution in [2.45, 2.75) is 66.9 Å². The number of rotatable bonds is 10. The summed E-state index contributed by atoms with van der Waals surface area (Å²) >= 11 is 0. The molecule has 0 N–H and O–H groups in total. The van der Waals surface area contributed by atoms with E-state index < -0.39 is 78.5 Å². The predicted octanol–water partition coefficient (Wildman–Crippen LogP) is 6.58. The van der Waals surface area contributed by atoms with Crippen molar-refractivity contribution in [2.24, 2.45) is 0 Å². The van der Waals surface area contributed by atoms with Crippen molar-refractivity contribution >= 4 is 11.6 Å². The molecular formula is C13H2F22O4. The van der Waals surface area contributed by atoms with E-state index in [2.05, 4.69) is 0 Å². The number of hydrogen-bond donors (Lipinski definition) is 0. The number of Topliss-reactive ketones (excluding diaryl/α,β-unsaturated/α-hetero) is 2. The lowest BCUT2D eigenvalue weighted by molar-refractivity contribution is -0.474. The highest BCUT2D eigenvalue weighted by Crippen LogP contribution is 2.53. The first-order chi connectivity index (χ1) is 16.5. The Labute approximate surface area is 195 Å². The van der Waals surface area contributed by atoms with Crippen LogP contribution in [0.15, 0.2) is 0 Å². The molecule has 0 aromatic rings. The van der Waals surface area contributed by atoms with Crippen molar-refractivity contribution in [1.82, 2.24) is 0 Å². The first kappa shape index (κ1) is 36.7. The van der Waals surface area contributed by atoms with Crippen molar-refractivity contribution in [1.29, 1.82) is 0 Å². The Hall–Kier alpha value is -2.28. The molecule has 39 heavy (non-hydrogen) atoms. The van der Waals surface area contributed by atoms with E-state index in [1.165, 1.54) is 9.47 Å². The van der Waals surface area contributed by atoms with Gasteiger partial charge in [-0.2, -0.15) is 96.6 Å². The highest BCUT2D eigenvalue weighted by molar-refractivity contribution is 6.05. The number of alkyl halides is 22. The molecule has 2 atom stereocenters. The third-order valence-corrected chi connectivity index (χ3v) is 3.75. The molecule has 0 bridgehead atoms. The summed E-state index contributed by atoms with van der Waals surface area (Å²) in [7, 11) is 0. The number of halogens is 22. The van der Waals surface area contributed by atoms with Crippen LogP contribution in [0.25, 0.3) is 0 Å². The second kappa shape index (κ2) is 9.67. The molecule has 0 saturated heterocycles. The maximum atomic E-state index is 13.9. The molecule has 0 aromatic carbocycles. The molecule has 0 radical (unpaired) electrons. The molecule has 0 heterocycles. The molecule has 4 nitrogen and oxygen atoms in total. The molecule has 0 unspecified atom stereocenters. The SMILES string of the molecule is O=C(CC(=O)[C@@](F)(OC(F)(F)C(F)(F)C(F)(F)F)C(F)(F)F)[C@@](F)(OC(F)(F)C(F)(F)C(F)(F)F)C(F)(F)F. The van der Waals surface area contributed by atoms with Crippen LogP contribution in [-0.4, -0.2) is 72.0 Å². The minimum Gasteiger partial charge on any atom is -0.292 e. The predicted molar refractivity (Wildman–Crippen MR) is 68.5 cm³/mol. The molecular weight excluding hydrogens is 638 g/mol. The summed E-state index contributed by atoms with van der Waals surface area (Å²) in [6.45, 7) is 0. The van der Waals surface area contributed by atoms with Gasteiger partial charge in [-0.3, -0.25) is 19.1 Å². The summed E-state index contributed by atoms with van der Waals surface area (Å²) in [6, 6.07) is 0. The van der Waals surface area contributed by atoms with Crippen LogP contribution in [0, 0.1) is 0 Å². The van der Waals surface area contributed by atoms with Crippen molar-refractivity contribution in [3.63, 3.8) is 0 Å². The molecule has 0 amide bonds. The van der Waals surface area contributed by atoms with Crippen molar-refractivity contribution in [3.05, 3.63) is 0 Å². The third-order valence-electron chi connectivity index (χ3n) is 3.75. The fourth-order valence-electron chi connectivity index (χ4n) is 1.73. The minimum absolute atomic E-state index is 1.48. The fraction of sp³-hybridized carbons (Fsp3) is 0.846. The Bertz CT molecular complexity index is 850. The van der Waals surface area contributed by atoms with Crippen LogP contribution in [0.5, 0.6) is 0 Å². The van der Waals surface area contributed by atoms with Gasteiger partial charge in [-0.25, -0.2) is 0 Å². The lowest BCUT2D eigenvalue weighted by Gasteiger charge is -2.35. The Morgan fingerprint density at radius 1 is 0.385 bits per heavy atom.